The molecule has 2 N–H and O–H groups in total. The molecule has 0 bridgehead atoms. The van der Waals surface area contributed by atoms with E-state index in [0.717, 1.165) is 13.1 Å². The highest BCUT2D eigenvalue weighted by molar-refractivity contribution is 5.94. The smallest absolute Gasteiger partial charge is 0.250 e. The molecule has 82 valence electrons. The van der Waals surface area contributed by atoms with Crippen molar-refractivity contribution in [3.63, 3.8) is 0 Å². The minimum atomic E-state index is -0.381. The van der Waals surface area contributed by atoms with Crippen molar-refractivity contribution in [2.75, 3.05) is 6.54 Å². The lowest BCUT2D eigenvalue weighted by Gasteiger charge is -2.22. The maximum Gasteiger partial charge on any atom is 0.250 e. The molecule has 0 atom stereocenters. The van der Waals surface area contributed by atoms with Crippen LogP contribution in [0.2, 0.25) is 0 Å². The van der Waals surface area contributed by atoms with Crippen LogP contribution in [0.25, 0.3) is 0 Å². The average Bonchev–Trinajstić information content (AvgIpc) is 2.30. The zero-order valence-electron chi connectivity index (χ0n) is 8.97. The number of primary amides is 1. The highest BCUT2D eigenvalue weighted by Crippen LogP contribution is 2.11. The second kappa shape index (κ2) is 4.66. The summed E-state index contributed by atoms with van der Waals surface area (Å²) in [5, 5.41) is 0. The van der Waals surface area contributed by atoms with Crippen molar-refractivity contribution in [1.29, 1.82) is 0 Å². The summed E-state index contributed by atoms with van der Waals surface area (Å²) in [6.07, 6.45) is 5.53. The summed E-state index contributed by atoms with van der Waals surface area (Å²) in [4.78, 5) is 13.1. The fourth-order valence-electron chi connectivity index (χ4n) is 1.68. The molecule has 0 fully saturated rings. The van der Waals surface area contributed by atoms with Crippen LogP contribution in [0.15, 0.2) is 54.3 Å². The lowest BCUT2D eigenvalue weighted by Crippen LogP contribution is -2.24. The van der Waals surface area contributed by atoms with E-state index in [0.29, 0.717) is 5.57 Å². The Labute approximate surface area is 94.9 Å². The van der Waals surface area contributed by atoms with Crippen LogP contribution in [0, 0.1) is 0 Å². The van der Waals surface area contributed by atoms with E-state index in [2.05, 4.69) is 17.0 Å². The third kappa shape index (κ3) is 2.51. The summed E-state index contributed by atoms with van der Waals surface area (Å²) in [6.45, 7) is 1.60. The lowest BCUT2D eigenvalue weighted by atomic mass is 10.1. The van der Waals surface area contributed by atoms with Gasteiger partial charge in [0.25, 0.3) is 0 Å². The predicted molar refractivity (Wildman–Crippen MR) is 63.3 cm³/mol. The Morgan fingerprint density at radius 1 is 1.31 bits per heavy atom. The van der Waals surface area contributed by atoms with E-state index < -0.39 is 0 Å². The van der Waals surface area contributed by atoms with Gasteiger partial charge in [0.05, 0.1) is 5.57 Å². The fraction of sp³-hybridized carbons (Fsp3) is 0.154. The van der Waals surface area contributed by atoms with Crippen LogP contribution in [0.5, 0.6) is 0 Å². The van der Waals surface area contributed by atoms with Crippen molar-refractivity contribution >= 4 is 5.91 Å². The number of carbonyl (C=O) groups is 1. The van der Waals surface area contributed by atoms with E-state index in [9.17, 15) is 4.79 Å². The van der Waals surface area contributed by atoms with Crippen molar-refractivity contribution in [1.82, 2.24) is 4.90 Å². The minimum absolute atomic E-state index is 0.381. The summed E-state index contributed by atoms with van der Waals surface area (Å²) in [5.74, 6) is -0.381. The summed E-state index contributed by atoms with van der Waals surface area (Å²) in [6, 6.07) is 10.1. The molecule has 3 heteroatoms. The van der Waals surface area contributed by atoms with E-state index in [-0.39, 0.29) is 5.91 Å². The van der Waals surface area contributed by atoms with Crippen LogP contribution in [0.4, 0.5) is 0 Å². The molecule has 2 rings (SSSR count). The first-order valence-corrected chi connectivity index (χ1v) is 5.22. The molecule has 0 unspecified atom stereocenters. The summed E-state index contributed by atoms with van der Waals surface area (Å²) < 4.78 is 0. The van der Waals surface area contributed by atoms with Crippen LogP contribution in [-0.2, 0) is 11.3 Å². The molecule has 0 saturated heterocycles. The number of benzene rings is 1. The zero-order valence-corrected chi connectivity index (χ0v) is 8.97. The van der Waals surface area contributed by atoms with Crippen LogP contribution < -0.4 is 5.73 Å². The number of hydrogen-bond donors (Lipinski definition) is 1. The Morgan fingerprint density at radius 2 is 2.06 bits per heavy atom. The number of amides is 1. The van der Waals surface area contributed by atoms with Crippen molar-refractivity contribution in [2.24, 2.45) is 5.73 Å². The van der Waals surface area contributed by atoms with Gasteiger partial charge in [-0.25, -0.2) is 0 Å². The molecule has 1 aromatic carbocycles. The third-order valence-electron chi connectivity index (χ3n) is 2.47. The second-order valence-electron chi connectivity index (χ2n) is 3.77. The lowest BCUT2D eigenvalue weighted by molar-refractivity contribution is -0.114. The van der Waals surface area contributed by atoms with E-state index in [1.54, 1.807) is 6.08 Å². The Balaban J connectivity index is 2.07. The molecule has 1 aromatic rings. The van der Waals surface area contributed by atoms with Crippen molar-refractivity contribution in [3.8, 4) is 0 Å². The van der Waals surface area contributed by atoms with Gasteiger partial charge in [0, 0.05) is 19.3 Å². The van der Waals surface area contributed by atoms with E-state index >= 15 is 0 Å². The maximum atomic E-state index is 11.0. The molecule has 1 amide bonds. The van der Waals surface area contributed by atoms with Gasteiger partial charge in [-0.1, -0.05) is 42.5 Å². The molecule has 1 aliphatic heterocycles. The van der Waals surface area contributed by atoms with Gasteiger partial charge in [0.2, 0.25) is 5.91 Å². The van der Waals surface area contributed by atoms with Gasteiger partial charge in [0.15, 0.2) is 0 Å². The molecular formula is C13H14N2O. The molecule has 0 aromatic heterocycles. The summed E-state index contributed by atoms with van der Waals surface area (Å²) in [5.41, 5.74) is 7.02. The summed E-state index contributed by atoms with van der Waals surface area (Å²) in [7, 11) is 0. The van der Waals surface area contributed by atoms with Gasteiger partial charge in [-0.05, 0) is 5.56 Å². The van der Waals surface area contributed by atoms with E-state index in [1.807, 2.05) is 30.5 Å². The van der Waals surface area contributed by atoms with Crippen molar-refractivity contribution < 1.29 is 4.79 Å². The van der Waals surface area contributed by atoms with Gasteiger partial charge in [0.1, 0.15) is 0 Å². The SMILES string of the molecule is NC(=O)C1=CN(Cc2ccccc2)CC=C1. The topological polar surface area (TPSA) is 46.3 Å². The minimum Gasteiger partial charge on any atom is -0.369 e. The Morgan fingerprint density at radius 3 is 2.75 bits per heavy atom. The number of nitrogens with zero attached hydrogens (tertiary/aromatic N) is 1. The standard InChI is InChI=1S/C13H14N2O/c14-13(16)12-7-4-8-15(10-12)9-11-5-2-1-3-6-11/h1-7,10H,8-9H2,(H2,14,16). The molecular weight excluding hydrogens is 200 g/mol. The van der Waals surface area contributed by atoms with Crippen LogP contribution in [-0.4, -0.2) is 17.4 Å². The monoisotopic (exact) mass is 214 g/mol. The van der Waals surface area contributed by atoms with Crippen LogP contribution in [0.1, 0.15) is 5.56 Å². The molecule has 16 heavy (non-hydrogen) atoms. The van der Waals surface area contributed by atoms with Crippen LogP contribution >= 0.6 is 0 Å². The Hall–Kier alpha value is -2.03. The van der Waals surface area contributed by atoms with Crippen LogP contribution in [0.3, 0.4) is 0 Å². The van der Waals surface area contributed by atoms with Gasteiger partial charge in [-0.3, -0.25) is 4.79 Å². The number of carbonyl (C=O) groups excluding carboxylic acids is 1. The second-order valence-corrected chi connectivity index (χ2v) is 3.77. The first kappa shape index (κ1) is 10.5. The molecule has 0 aliphatic carbocycles. The number of rotatable bonds is 3. The highest BCUT2D eigenvalue weighted by Gasteiger charge is 2.09. The molecule has 3 nitrogen and oxygen atoms in total. The van der Waals surface area contributed by atoms with Crippen molar-refractivity contribution in [3.05, 3.63) is 59.8 Å². The van der Waals surface area contributed by atoms with Gasteiger partial charge in [-0.15, -0.1) is 0 Å². The maximum absolute atomic E-state index is 11.0. The zero-order chi connectivity index (χ0) is 11.4. The van der Waals surface area contributed by atoms with Gasteiger partial charge >= 0.3 is 0 Å². The molecule has 0 spiro atoms. The Kier molecular flexibility index (Phi) is 3.05. The Bertz CT molecular complexity index is 435. The van der Waals surface area contributed by atoms with Crippen molar-refractivity contribution in [2.45, 2.75) is 6.54 Å². The predicted octanol–water partition coefficient (Wildman–Crippen LogP) is 1.43. The largest absolute Gasteiger partial charge is 0.369 e. The molecule has 0 radical (unpaired) electrons. The number of nitrogens with two attached hydrogens (primary N) is 1. The first-order chi connectivity index (χ1) is 7.75. The normalized spacial score (nSPS) is 14.8. The third-order valence-corrected chi connectivity index (χ3v) is 2.47. The van der Waals surface area contributed by atoms with E-state index in [4.69, 9.17) is 5.73 Å². The van der Waals surface area contributed by atoms with E-state index in [1.165, 1.54) is 5.56 Å². The van der Waals surface area contributed by atoms with Gasteiger partial charge < -0.3 is 10.6 Å². The molecule has 0 saturated carbocycles. The molecule has 1 aliphatic rings. The average molecular weight is 214 g/mol. The number of hydrogen-bond acceptors (Lipinski definition) is 2. The quantitative estimate of drug-likeness (QED) is 0.827. The first-order valence-electron chi connectivity index (χ1n) is 5.22. The highest BCUT2D eigenvalue weighted by atomic mass is 16.1. The van der Waals surface area contributed by atoms with Gasteiger partial charge in [-0.2, -0.15) is 0 Å². The molecule has 1 heterocycles. The summed E-state index contributed by atoms with van der Waals surface area (Å²) >= 11 is 0. The fourth-order valence-corrected chi connectivity index (χ4v) is 1.68.